The molecule has 20 aromatic rings. The molecule has 0 atom stereocenters. The fourth-order valence-corrected chi connectivity index (χ4v) is 16.4. The second-order valence-electron chi connectivity index (χ2n) is 29.3. The number of hydrogen-bond donors (Lipinski definition) is 0. The Bertz CT molecular complexity index is 6540. The Balaban J connectivity index is 0.000000142. The first kappa shape index (κ1) is 67.2. The van der Waals surface area contributed by atoms with Gasteiger partial charge in [0.05, 0.1) is 50.9 Å². The molecule has 0 aliphatic heterocycles. The van der Waals surface area contributed by atoms with Crippen molar-refractivity contribution in [3.05, 3.63) is 287 Å². The van der Waals surface area contributed by atoms with Gasteiger partial charge in [-0.2, -0.15) is 0 Å². The zero-order valence-corrected chi connectivity index (χ0v) is 63.6. The Morgan fingerprint density at radius 1 is 0.283 bits per heavy atom. The van der Waals surface area contributed by atoms with Gasteiger partial charge in [0.2, 0.25) is 0 Å². The molecule has 11 heteroatoms. The van der Waals surface area contributed by atoms with E-state index < -0.39 is 0 Å². The molecule has 514 valence electrons. The van der Waals surface area contributed by atoms with Gasteiger partial charge in [-0.05, 0) is 237 Å². The van der Waals surface area contributed by atoms with E-state index in [1.54, 1.807) is 0 Å². The number of nitrogens with zero attached hydrogens (tertiary/aromatic N) is 8. The third kappa shape index (κ3) is 11.1. The van der Waals surface area contributed by atoms with Crippen molar-refractivity contribution in [1.29, 1.82) is 0 Å². The number of carbonyl (C=O) groups is 2. The molecule has 0 N–H and O–H groups in total. The Kier molecular flexibility index (Phi) is 16.3. The van der Waals surface area contributed by atoms with Crippen molar-refractivity contribution in [2.45, 2.75) is 89.5 Å². The van der Waals surface area contributed by atoms with Gasteiger partial charge in [0.1, 0.15) is 11.6 Å². The molecule has 0 saturated heterocycles. The molecule has 14 aromatic carbocycles. The van der Waals surface area contributed by atoms with Gasteiger partial charge in [-0.3, -0.25) is 19.6 Å². The summed E-state index contributed by atoms with van der Waals surface area (Å²) in [5, 5.41) is 18.8. The van der Waals surface area contributed by atoms with Gasteiger partial charge in [-0.1, -0.05) is 116 Å². The van der Waals surface area contributed by atoms with Gasteiger partial charge < -0.3 is 28.2 Å². The monoisotopic (exact) mass is 1550 g/mol. The van der Waals surface area contributed by atoms with Crippen molar-refractivity contribution in [3.63, 3.8) is 0 Å². The molecule has 106 heavy (non-hydrogen) atoms. The van der Waals surface area contributed by atoms with Crippen LogP contribution in [-0.2, 0) is 29.7 Å². The smallest absolute Gasteiger partial charge is 0.351 e. The van der Waals surface area contributed by atoms with Crippen LogP contribution in [0.25, 0.3) is 175 Å². The Hall–Kier alpha value is -12.0. The minimum Gasteiger partial charge on any atom is -0.351 e. The number of ketones is 2. The van der Waals surface area contributed by atoms with Crippen LogP contribution in [0.5, 0.6) is 0 Å². The zero-order valence-electron chi connectivity index (χ0n) is 61.2. The van der Waals surface area contributed by atoms with E-state index in [1.807, 2.05) is 26.2 Å². The van der Waals surface area contributed by atoms with Gasteiger partial charge in [-0.15, -0.1) is 47.2 Å². The molecule has 20 rings (SSSR count). The molecule has 0 aliphatic rings. The van der Waals surface area contributed by atoms with Crippen molar-refractivity contribution < 1.29 is 29.7 Å². The Morgan fingerprint density at radius 2 is 0.528 bits per heavy atom. The molecule has 0 aliphatic carbocycles. The van der Waals surface area contributed by atoms with E-state index in [-0.39, 0.29) is 38.1 Å². The van der Waals surface area contributed by atoms with E-state index in [9.17, 15) is 9.59 Å². The van der Waals surface area contributed by atoms with Crippen molar-refractivity contribution in [2.24, 2.45) is 0 Å². The summed E-state index contributed by atoms with van der Waals surface area (Å²) in [5.41, 5.74) is 29.4. The van der Waals surface area contributed by atoms with Gasteiger partial charge in [0, 0.05) is 100.0 Å². The van der Waals surface area contributed by atoms with Crippen molar-refractivity contribution in [1.82, 2.24) is 38.2 Å². The summed E-state index contributed by atoms with van der Waals surface area (Å²) in [6, 6.07) is 84.1. The number of hydrogen-bond acceptors (Lipinski definition) is 6. The first-order chi connectivity index (χ1) is 50.8. The van der Waals surface area contributed by atoms with E-state index in [4.69, 9.17) is 19.9 Å². The normalized spacial score (nSPS) is 11.8. The van der Waals surface area contributed by atoms with Crippen LogP contribution < -0.4 is 0 Å². The van der Waals surface area contributed by atoms with E-state index in [0.717, 1.165) is 99.3 Å². The molecular weight excluding hydrogens is 1480 g/mol. The number of rotatable bonds is 6. The van der Waals surface area contributed by atoms with Gasteiger partial charge in [0.25, 0.3) is 0 Å². The van der Waals surface area contributed by atoms with Crippen LogP contribution in [0.2, 0.25) is 0 Å². The summed E-state index contributed by atoms with van der Waals surface area (Å²) in [4.78, 5) is 40.0. The fraction of sp³-hybridized carbons (Fsp3) is 0.137. The molecule has 0 fully saturated rings. The maximum Gasteiger partial charge on any atom is 3.00 e. The third-order valence-corrected chi connectivity index (χ3v) is 21.0. The number of fused-ring (bicyclic) bond motifs is 24. The average Bonchev–Trinajstić information content (AvgIpc) is 1.26. The number of aryl methyl sites for hydroxylation is 10. The second kappa shape index (κ2) is 25.7. The summed E-state index contributed by atoms with van der Waals surface area (Å²) >= 11 is 0. The molecule has 0 spiro atoms. The average molecular weight is 1550 g/mol. The maximum absolute atomic E-state index is 10.0. The molecule has 6 heterocycles. The summed E-state index contributed by atoms with van der Waals surface area (Å²) in [6.07, 6.45) is 3.81. The minimum absolute atomic E-state index is 0. The van der Waals surface area contributed by atoms with Crippen molar-refractivity contribution >= 4 is 164 Å². The van der Waals surface area contributed by atoms with E-state index in [1.165, 1.54) is 146 Å². The molecule has 0 radical (unpaired) electrons. The first-order valence-electron chi connectivity index (χ1n) is 35.9. The van der Waals surface area contributed by atoms with Crippen LogP contribution in [0.15, 0.2) is 219 Å². The summed E-state index contributed by atoms with van der Waals surface area (Å²) in [7, 11) is 0. The third-order valence-electron chi connectivity index (χ3n) is 21.0. The van der Waals surface area contributed by atoms with Crippen LogP contribution in [0.3, 0.4) is 0 Å². The topological polar surface area (TPSA) is 105 Å². The largest absolute Gasteiger partial charge is 3.00 e. The van der Waals surface area contributed by atoms with Gasteiger partial charge in [0.15, 0.2) is 0 Å². The van der Waals surface area contributed by atoms with Crippen molar-refractivity contribution in [2.75, 3.05) is 0 Å². The van der Waals surface area contributed by atoms with Crippen LogP contribution in [-0.4, -0.2) is 49.8 Å². The molecule has 0 bridgehead atoms. The Morgan fingerprint density at radius 3 is 0.774 bits per heavy atom. The van der Waals surface area contributed by atoms with Crippen LogP contribution in [0.1, 0.15) is 76.2 Å². The SMILES string of the molecule is CC(=O)CC(C)=O.Cc1ccc2c(c1)c1cc(C)ccc1n2-c1c[c-]c2c(c1)c1cc(-n3c4ccc(C)cc4c4cc(C)ccc43)ccc1c1nc(C)cnc21.Cc1ccc2c(c1)c1cc(C)ccc1n2-c1c[c-]c2c(c1)c1cc(-n3c4ccc(C)cc4c4cc(C)ccc43)ccc1c1nc(C)cnc21.[Ir+3]. The maximum atomic E-state index is 10.0. The molecule has 0 saturated carbocycles. The van der Waals surface area contributed by atoms with Crippen LogP contribution >= 0.6 is 0 Å². The zero-order chi connectivity index (χ0) is 72.1. The van der Waals surface area contributed by atoms with E-state index >= 15 is 0 Å². The molecule has 0 amide bonds. The number of Topliss-reactive ketones (excluding diaryl/α,β-unsaturated/α-hetero) is 2. The van der Waals surface area contributed by atoms with Gasteiger partial charge in [-0.25, -0.2) is 0 Å². The predicted octanol–water partition coefficient (Wildman–Crippen LogP) is 23.5. The standard InChI is InChI=1S/2C45H33N4.C5H8O2.Ir/c2*1-25-6-14-40-36(18-25)37-19-26(2)7-15-41(37)48(40)30-10-12-32-34(22-30)35-23-31(11-13-33(35)45-44(32)46-24-29(5)47-45)49-42-16-8-27(3)20-38(42)39-21-28(4)9-17-43(39)49;1-4(6)3-5(2)7;/h2*6-11,13-24H,1-5H3;3H2,1-2H3;/q2*-1;;+3. The molecule has 6 aromatic heterocycles. The van der Waals surface area contributed by atoms with E-state index in [2.05, 4.69) is 292 Å². The summed E-state index contributed by atoms with van der Waals surface area (Å²) in [5.74, 6) is -0.125. The van der Waals surface area contributed by atoms with E-state index in [0.29, 0.717) is 0 Å². The van der Waals surface area contributed by atoms with Crippen molar-refractivity contribution in [3.8, 4) is 22.7 Å². The number of carbonyl (C=O) groups excluding carboxylic acids is 2. The predicted molar refractivity (Wildman–Crippen MR) is 437 cm³/mol. The minimum atomic E-state index is -0.0625. The van der Waals surface area contributed by atoms with Crippen LogP contribution in [0.4, 0.5) is 0 Å². The van der Waals surface area contributed by atoms with Crippen LogP contribution in [0, 0.1) is 81.4 Å². The number of benzene rings is 14. The second-order valence-corrected chi connectivity index (χ2v) is 29.3. The molecular formula is C95H74IrN8O2+. The summed E-state index contributed by atoms with van der Waals surface area (Å²) < 4.78 is 9.59. The Labute approximate surface area is 626 Å². The molecule has 0 unspecified atom stereocenters. The quantitative estimate of drug-likeness (QED) is 0.0933. The fourth-order valence-electron chi connectivity index (χ4n) is 16.4. The van der Waals surface area contributed by atoms with Gasteiger partial charge >= 0.3 is 20.1 Å². The summed E-state index contributed by atoms with van der Waals surface area (Å²) in [6.45, 7) is 24.2. The number of aromatic nitrogens is 8. The first-order valence-corrected chi connectivity index (χ1v) is 35.9. The molecule has 10 nitrogen and oxygen atoms in total.